The van der Waals surface area contributed by atoms with Crippen molar-refractivity contribution in [3.05, 3.63) is 70.7 Å². The molecule has 0 atom stereocenters. The van der Waals surface area contributed by atoms with Crippen LogP contribution < -0.4 is 5.32 Å². The van der Waals surface area contributed by atoms with Crippen LogP contribution in [0.25, 0.3) is 0 Å². The van der Waals surface area contributed by atoms with Crippen molar-refractivity contribution in [1.29, 1.82) is 0 Å². The van der Waals surface area contributed by atoms with Crippen molar-refractivity contribution in [2.45, 2.75) is 25.2 Å². The second-order valence-electron chi connectivity index (χ2n) is 6.53. The monoisotopic (exact) mass is 461 g/mol. The number of aryl methyl sites for hydroxylation is 1. The van der Waals surface area contributed by atoms with Crippen molar-refractivity contribution < 1.29 is 13.6 Å². The summed E-state index contributed by atoms with van der Waals surface area (Å²) in [5, 5.41) is 19.6. The average Bonchev–Trinajstić information content (AvgIpc) is 3.47. The number of carbonyl (C=O) groups excluding carboxylic acids is 1. The van der Waals surface area contributed by atoms with Crippen LogP contribution in [0.15, 0.2) is 52.4 Å². The summed E-state index contributed by atoms with van der Waals surface area (Å²) in [6.07, 6.45) is 3.32. The Morgan fingerprint density at radius 2 is 2.13 bits per heavy atom. The predicted molar refractivity (Wildman–Crippen MR) is 112 cm³/mol. The number of hydrogen-bond donors (Lipinski definition) is 1. The molecule has 0 aliphatic rings. The molecule has 4 aromatic rings. The number of aromatic nitrogens is 6. The Balaban J connectivity index is 1.28. The number of hydrogen-bond acceptors (Lipinski definition) is 7. The molecular weight excluding hydrogens is 445 g/mol. The number of halogens is 2. The van der Waals surface area contributed by atoms with E-state index >= 15 is 0 Å². The fourth-order valence-corrected chi connectivity index (χ4v) is 3.52. The van der Waals surface area contributed by atoms with Gasteiger partial charge < -0.3 is 9.73 Å². The van der Waals surface area contributed by atoms with Crippen molar-refractivity contribution in [3.8, 4) is 0 Å². The number of nitrogens with one attached hydrogen (secondary N) is 1. The number of amides is 1. The van der Waals surface area contributed by atoms with E-state index in [0.29, 0.717) is 28.8 Å². The van der Waals surface area contributed by atoms with Crippen molar-refractivity contribution in [1.82, 2.24) is 29.8 Å². The lowest BCUT2D eigenvalue weighted by Gasteiger charge is -2.06. The maximum Gasteiger partial charge on any atom is 0.277 e. The molecule has 31 heavy (non-hydrogen) atoms. The minimum Gasteiger partial charge on any atom is -0.414 e. The van der Waals surface area contributed by atoms with Gasteiger partial charge in [0, 0.05) is 34.7 Å². The zero-order chi connectivity index (χ0) is 21.8. The highest BCUT2D eigenvalue weighted by Crippen LogP contribution is 2.21. The van der Waals surface area contributed by atoms with Gasteiger partial charge in [0.15, 0.2) is 5.82 Å². The van der Waals surface area contributed by atoms with Crippen LogP contribution in [-0.4, -0.2) is 41.4 Å². The number of benzene rings is 1. The molecule has 12 heteroatoms. The Kier molecular flexibility index (Phi) is 6.33. The molecule has 160 valence electrons. The fraction of sp³-hybridized carbons (Fsp3) is 0.211. The highest BCUT2D eigenvalue weighted by molar-refractivity contribution is 7.99. The van der Waals surface area contributed by atoms with E-state index in [4.69, 9.17) is 16.0 Å². The number of nitrogens with zero attached hydrogens (tertiary/aromatic N) is 6. The van der Waals surface area contributed by atoms with E-state index in [-0.39, 0.29) is 23.4 Å². The van der Waals surface area contributed by atoms with Crippen LogP contribution in [0.2, 0.25) is 5.02 Å². The van der Waals surface area contributed by atoms with Gasteiger partial charge in [0.1, 0.15) is 12.4 Å². The second kappa shape index (κ2) is 9.31. The highest BCUT2D eigenvalue weighted by Gasteiger charge is 2.13. The quantitative estimate of drug-likeness (QED) is 0.401. The average molecular weight is 462 g/mol. The van der Waals surface area contributed by atoms with Gasteiger partial charge in [-0.2, -0.15) is 10.2 Å². The third-order valence-corrected chi connectivity index (χ3v) is 5.45. The summed E-state index contributed by atoms with van der Waals surface area (Å²) in [6, 6.07) is 7.99. The summed E-state index contributed by atoms with van der Waals surface area (Å²) in [5.74, 6) is 0.112. The number of thioether (sulfide) groups is 1. The van der Waals surface area contributed by atoms with E-state index in [1.165, 1.54) is 10.7 Å². The maximum absolute atomic E-state index is 13.9. The molecule has 0 fully saturated rings. The lowest BCUT2D eigenvalue weighted by Crippen LogP contribution is -2.15. The van der Waals surface area contributed by atoms with Crippen LogP contribution in [0.1, 0.15) is 17.1 Å². The number of rotatable bonds is 8. The molecule has 1 aromatic carbocycles. The largest absolute Gasteiger partial charge is 0.414 e. The maximum atomic E-state index is 13.9. The molecule has 0 radical (unpaired) electrons. The van der Waals surface area contributed by atoms with Crippen molar-refractivity contribution >= 4 is 35.1 Å². The summed E-state index contributed by atoms with van der Waals surface area (Å²) in [7, 11) is 0. The normalized spacial score (nSPS) is 11.1. The lowest BCUT2D eigenvalue weighted by atomic mass is 10.2. The first-order chi connectivity index (χ1) is 15.0. The smallest absolute Gasteiger partial charge is 0.277 e. The summed E-state index contributed by atoms with van der Waals surface area (Å²) in [6.45, 7) is 2.44. The van der Waals surface area contributed by atoms with Crippen LogP contribution in [0.4, 0.5) is 10.2 Å². The molecule has 1 amide bonds. The number of anilines is 1. The number of carbonyl (C=O) groups is 1. The van der Waals surface area contributed by atoms with Gasteiger partial charge in [0.25, 0.3) is 5.22 Å². The van der Waals surface area contributed by atoms with E-state index < -0.39 is 5.82 Å². The molecule has 0 saturated heterocycles. The van der Waals surface area contributed by atoms with E-state index in [2.05, 4.69) is 25.7 Å². The zero-order valence-corrected chi connectivity index (χ0v) is 17.9. The second-order valence-corrected chi connectivity index (χ2v) is 7.86. The first-order valence-electron chi connectivity index (χ1n) is 9.18. The topological polar surface area (TPSA) is 104 Å². The Morgan fingerprint density at radius 1 is 1.26 bits per heavy atom. The Morgan fingerprint density at radius 3 is 2.90 bits per heavy atom. The van der Waals surface area contributed by atoms with E-state index in [9.17, 15) is 9.18 Å². The van der Waals surface area contributed by atoms with Gasteiger partial charge in [0.2, 0.25) is 11.8 Å². The van der Waals surface area contributed by atoms with Gasteiger partial charge in [-0.1, -0.05) is 29.4 Å². The van der Waals surface area contributed by atoms with Gasteiger partial charge >= 0.3 is 0 Å². The lowest BCUT2D eigenvalue weighted by molar-refractivity contribution is -0.113. The van der Waals surface area contributed by atoms with Crippen LogP contribution >= 0.6 is 23.4 Å². The molecule has 0 bridgehead atoms. The molecule has 0 unspecified atom stereocenters. The van der Waals surface area contributed by atoms with Gasteiger partial charge in [-0.25, -0.2) is 4.39 Å². The van der Waals surface area contributed by atoms with Crippen LogP contribution in [0.5, 0.6) is 0 Å². The Hall–Kier alpha value is -3.18. The molecular formula is C19H17ClFN7O2S. The van der Waals surface area contributed by atoms with Crippen molar-refractivity contribution in [2.75, 3.05) is 11.1 Å². The van der Waals surface area contributed by atoms with Gasteiger partial charge in [-0.05, 0) is 25.1 Å². The van der Waals surface area contributed by atoms with Gasteiger partial charge in [-0.3, -0.25) is 14.2 Å². The standard InChI is InChI=1S/C19H17ClFN7O2S/c1-12-5-7-22-28(12)10-18-24-25-19(30-18)31-11-17(29)23-16-6-8-27(26-16)9-13-14(20)3-2-4-15(13)21/h2-8H,9-11H2,1H3,(H,23,26,29). The molecule has 0 aliphatic heterocycles. The summed E-state index contributed by atoms with van der Waals surface area (Å²) in [5.41, 5.74) is 1.31. The van der Waals surface area contributed by atoms with Crippen molar-refractivity contribution in [2.24, 2.45) is 0 Å². The molecule has 9 nitrogen and oxygen atoms in total. The molecule has 3 aromatic heterocycles. The minimum atomic E-state index is -0.411. The first kappa shape index (κ1) is 21.1. The van der Waals surface area contributed by atoms with Crippen LogP contribution in [-0.2, 0) is 17.9 Å². The predicted octanol–water partition coefficient (Wildman–Crippen LogP) is 3.39. The van der Waals surface area contributed by atoms with Crippen LogP contribution in [0.3, 0.4) is 0 Å². The molecule has 3 heterocycles. The van der Waals surface area contributed by atoms with Crippen LogP contribution in [0, 0.1) is 12.7 Å². The SMILES string of the molecule is Cc1ccnn1Cc1nnc(SCC(=O)Nc2ccn(Cc3c(F)cccc3Cl)n2)o1. The minimum absolute atomic E-state index is 0.0639. The highest BCUT2D eigenvalue weighted by atomic mass is 35.5. The Labute approximate surface area is 185 Å². The van der Waals surface area contributed by atoms with E-state index in [0.717, 1.165) is 17.5 Å². The first-order valence-corrected chi connectivity index (χ1v) is 10.5. The van der Waals surface area contributed by atoms with E-state index in [1.54, 1.807) is 35.3 Å². The molecule has 0 aliphatic carbocycles. The van der Waals surface area contributed by atoms with Gasteiger partial charge in [-0.15, -0.1) is 10.2 Å². The van der Waals surface area contributed by atoms with Gasteiger partial charge in [0.05, 0.1) is 12.3 Å². The zero-order valence-electron chi connectivity index (χ0n) is 16.3. The van der Waals surface area contributed by atoms with E-state index in [1.807, 2.05) is 13.0 Å². The molecule has 0 saturated carbocycles. The fourth-order valence-electron chi connectivity index (χ4n) is 2.72. The van der Waals surface area contributed by atoms with Crippen molar-refractivity contribution in [3.63, 3.8) is 0 Å². The molecule has 1 N–H and O–H groups in total. The summed E-state index contributed by atoms with van der Waals surface area (Å²) < 4.78 is 22.7. The third-order valence-electron chi connectivity index (χ3n) is 4.28. The third kappa shape index (κ3) is 5.30. The Bertz CT molecular complexity index is 1190. The molecule has 0 spiro atoms. The summed E-state index contributed by atoms with van der Waals surface area (Å²) >= 11 is 7.16. The summed E-state index contributed by atoms with van der Waals surface area (Å²) in [4.78, 5) is 12.2. The molecule has 4 rings (SSSR count).